The smallest absolute Gasteiger partial charge is 0.308 e. The number of hydrogen-bond donors (Lipinski definition) is 1. The molecule has 0 aromatic carbocycles. The summed E-state index contributed by atoms with van der Waals surface area (Å²) in [4.78, 5) is 29.1. The Morgan fingerprint density at radius 1 is 1.27 bits per heavy atom. The number of carbonyl (C=O) groups is 2. The molecule has 1 aliphatic carbocycles. The zero-order valence-corrected chi connectivity index (χ0v) is 24.8. The molecule has 1 saturated carbocycles. The maximum Gasteiger partial charge on any atom is 0.308 e. The first kappa shape index (κ1) is 32.5. The highest BCUT2D eigenvalue weighted by atomic mass is 16.5. The minimum Gasteiger partial charge on any atom is -0.469 e. The van der Waals surface area contributed by atoms with E-state index in [1.54, 1.807) is 17.3 Å². The number of rotatable bonds is 16. The van der Waals surface area contributed by atoms with E-state index in [2.05, 4.69) is 35.0 Å². The van der Waals surface area contributed by atoms with Crippen LogP contribution in [0.1, 0.15) is 70.9 Å². The van der Waals surface area contributed by atoms with Crippen LogP contribution >= 0.6 is 0 Å². The number of allylic oxidation sites excluding steroid dienone is 6. The zero-order valence-electron chi connectivity index (χ0n) is 24.8. The van der Waals surface area contributed by atoms with Crippen LogP contribution in [0.2, 0.25) is 0 Å². The van der Waals surface area contributed by atoms with Gasteiger partial charge in [-0.15, -0.1) is 0 Å². The van der Waals surface area contributed by atoms with E-state index in [-0.39, 0.29) is 36.1 Å². The lowest BCUT2D eigenvalue weighted by Crippen LogP contribution is -2.23. The number of aliphatic imine (C=N–C) groups is 1. The number of ether oxygens (including phenoxy) is 1. The fraction of sp³-hybridized carbons (Fsp3) is 0.516. The van der Waals surface area contributed by atoms with Crippen molar-refractivity contribution in [2.24, 2.45) is 21.9 Å². The van der Waals surface area contributed by atoms with Crippen molar-refractivity contribution in [3.05, 3.63) is 54.9 Å². The fourth-order valence-corrected chi connectivity index (χ4v) is 4.41. The number of hydrazone groups is 1. The molecule has 1 aromatic heterocycles. The third-order valence-electron chi connectivity index (χ3n) is 6.76. The molecule has 218 valence electrons. The van der Waals surface area contributed by atoms with Crippen LogP contribution in [0.4, 0.5) is 5.82 Å². The van der Waals surface area contributed by atoms with Gasteiger partial charge in [-0.25, -0.2) is 4.68 Å². The van der Waals surface area contributed by atoms with Crippen molar-refractivity contribution in [1.82, 2.24) is 14.8 Å². The molecule has 1 N–H and O–H groups in total. The summed E-state index contributed by atoms with van der Waals surface area (Å²) in [5, 5.41) is 14.3. The summed E-state index contributed by atoms with van der Waals surface area (Å²) >= 11 is 0. The Morgan fingerprint density at radius 2 is 2.02 bits per heavy atom. The number of Topliss-reactive ketones (excluding diaryl/α,β-unsaturated/α-hetero) is 1. The van der Waals surface area contributed by atoms with Gasteiger partial charge in [0.2, 0.25) is 0 Å². The second-order valence-electron chi connectivity index (χ2n) is 9.82. The number of esters is 1. The van der Waals surface area contributed by atoms with Crippen LogP contribution in [0.25, 0.3) is 5.70 Å². The Kier molecular flexibility index (Phi) is 14.4. The van der Waals surface area contributed by atoms with Gasteiger partial charge in [-0.3, -0.25) is 19.6 Å². The monoisotopic (exact) mass is 550 g/mol. The summed E-state index contributed by atoms with van der Waals surface area (Å²) in [5.41, 5.74) is 1.80. The molecule has 1 fully saturated rings. The van der Waals surface area contributed by atoms with Crippen molar-refractivity contribution in [1.29, 1.82) is 0 Å². The molecule has 9 nitrogen and oxygen atoms in total. The number of anilines is 1. The molecule has 0 saturated heterocycles. The minimum absolute atomic E-state index is 0.0162. The van der Waals surface area contributed by atoms with Gasteiger partial charge in [-0.2, -0.15) is 10.2 Å². The molecular weight excluding hydrogens is 504 g/mol. The minimum atomic E-state index is -0.363. The summed E-state index contributed by atoms with van der Waals surface area (Å²) in [7, 11) is 3.27. The van der Waals surface area contributed by atoms with Crippen LogP contribution in [-0.2, 0) is 14.3 Å². The van der Waals surface area contributed by atoms with Gasteiger partial charge in [-0.1, -0.05) is 38.7 Å². The lowest BCUT2D eigenvalue weighted by atomic mass is 9.80. The second kappa shape index (κ2) is 17.8. The third kappa shape index (κ3) is 10.4. The van der Waals surface area contributed by atoms with E-state index >= 15 is 0 Å². The highest BCUT2D eigenvalue weighted by Gasteiger charge is 2.29. The summed E-state index contributed by atoms with van der Waals surface area (Å²) < 4.78 is 6.77. The van der Waals surface area contributed by atoms with Crippen molar-refractivity contribution in [3.8, 4) is 0 Å². The van der Waals surface area contributed by atoms with Gasteiger partial charge in [0.05, 0.1) is 36.9 Å². The number of methoxy groups -OCH3 is 1. The molecule has 0 bridgehead atoms. The van der Waals surface area contributed by atoms with Gasteiger partial charge in [-0.05, 0) is 51.2 Å². The topological polar surface area (TPSA) is 101 Å². The van der Waals surface area contributed by atoms with Crippen LogP contribution in [0.15, 0.2) is 59.3 Å². The number of carbonyl (C=O) groups excluding carboxylic acids is 2. The van der Waals surface area contributed by atoms with E-state index in [0.717, 1.165) is 62.3 Å². The van der Waals surface area contributed by atoms with E-state index in [1.165, 1.54) is 7.11 Å². The fourth-order valence-electron chi connectivity index (χ4n) is 4.41. The van der Waals surface area contributed by atoms with E-state index in [4.69, 9.17) is 9.84 Å². The molecule has 40 heavy (non-hydrogen) atoms. The first-order chi connectivity index (χ1) is 19.3. The van der Waals surface area contributed by atoms with Crippen LogP contribution in [-0.4, -0.2) is 66.2 Å². The number of hydrogen-bond acceptors (Lipinski definition) is 8. The maximum absolute atomic E-state index is 13.0. The van der Waals surface area contributed by atoms with Gasteiger partial charge in [0, 0.05) is 50.6 Å². The van der Waals surface area contributed by atoms with Crippen molar-refractivity contribution >= 4 is 35.7 Å². The molecule has 0 radical (unpaired) electrons. The molecule has 1 heterocycles. The molecule has 1 atom stereocenters. The molecular formula is C31H46N6O3. The van der Waals surface area contributed by atoms with Crippen molar-refractivity contribution < 1.29 is 14.3 Å². The lowest BCUT2D eigenvalue weighted by molar-refractivity contribution is -0.146. The molecule has 0 spiro atoms. The lowest BCUT2D eigenvalue weighted by Gasteiger charge is -2.25. The van der Waals surface area contributed by atoms with E-state index < -0.39 is 0 Å². The number of nitrogens with zero attached hydrogens (tertiary/aromatic N) is 5. The number of ketones is 1. The van der Waals surface area contributed by atoms with Crippen molar-refractivity contribution in [2.75, 3.05) is 32.6 Å². The third-order valence-corrected chi connectivity index (χ3v) is 6.76. The molecule has 0 aliphatic heterocycles. The summed E-state index contributed by atoms with van der Waals surface area (Å²) in [6.45, 7) is 10.7. The maximum atomic E-state index is 13.0. The molecule has 1 aromatic rings. The quantitative estimate of drug-likeness (QED) is 0.120. The number of aromatic nitrogens is 2. The van der Waals surface area contributed by atoms with E-state index in [0.29, 0.717) is 0 Å². The first-order valence-electron chi connectivity index (χ1n) is 14.2. The van der Waals surface area contributed by atoms with E-state index in [9.17, 15) is 9.59 Å². The highest BCUT2D eigenvalue weighted by Crippen LogP contribution is 2.37. The summed E-state index contributed by atoms with van der Waals surface area (Å²) in [5.74, 6) is 0.452. The Hall–Kier alpha value is -3.75. The Balaban J connectivity index is 2.13. The average molecular weight is 551 g/mol. The highest BCUT2D eigenvalue weighted by molar-refractivity contribution is 5.96. The van der Waals surface area contributed by atoms with Crippen molar-refractivity contribution in [3.63, 3.8) is 0 Å². The molecule has 1 unspecified atom stereocenters. The van der Waals surface area contributed by atoms with Crippen molar-refractivity contribution in [2.45, 2.75) is 65.2 Å². The SMILES string of the molecule is C=C/C=C(\C=C/CC)n1nc(C2CCC(C(=O)OC)CC2)cc1NCC(=O)C(C)/C=N/N(C)/C=C/CC=NCC. The van der Waals surface area contributed by atoms with Gasteiger partial charge in [0.1, 0.15) is 5.82 Å². The second-order valence-corrected chi connectivity index (χ2v) is 9.82. The van der Waals surface area contributed by atoms with Crippen LogP contribution in [0.5, 0.6) is 0 Å². The largest absolute Gasteiger partial charge is 0.469 e. The van der Waals surface area contributed by atoms with E-state index in [1.807, 2.05) is 62.3 Å². The predicted octanol–water partition coefficient (Wildman–Crippen LogP) is 5.85. The standard InChI is InChI=1S/C31H46N6O3/c1-7-10-14-27(13-8-2)37-30(21-28(35-37)25-15-17-26(18-16-25)31(39)40-6)33-23-29(38)24(4)22-34-36(5)20-12-11-19-32-9-3/h8,10,12-14,19-22,24-26,33H,2,7,9,11,15-18,23H2,1,3-6H3/b14-10-,20-12+,27-13+,32-19?,34-22+. The molecule has 2 rings (SSSR count). The molecule has 0 amide bonds. The van der Waals surface area contributed by atoms with Crippen LogP contribution in [0, 0.1) is 11.8 Å². The molecule has 1 aliphatic rings. The average Bonchev–Trinajstić information content (AvgIpc) is 3.40. The first-order valence-corrected chi connectivity index (χ1v) is 14.2. The Morgan fingerprint density at radius 3 is 2.67 bits per heavy atom. The number of nitrogens with one attached hydrogen (secondary N) is 1. The molecule has 9 heteroatoms. The van der Waals surface area contributed by atoms with Gasteiger partial charge in [0.25, 0.3) is 0 Å². The van der Waals surface area contributed by atoms with Gasteiger partial charge < -0.3 is 10.1 Å². The van der Waals surface area contributed by atoms with Crippen LogP contribution in [0.3, 0.4) is 0 Å². The Labute approximate surface area is 239 Å². The summed E-state index contributed by atoms with van der Waals surface area (Å²) in [6, 6.07) is 2.02. The normalized spacial score (nSPS) is 19.1. The zero-order chi connectivity index (χ0) is 29.3. The summed E-state index contributed by atoms with van der Waals surface area (Å²) in [6.07, 6.45) is 19.9. The van der Waals surface area contributed by atoms with Crippen LogP contribution < -0.4 is 5.32 Å². The Bertz CT molecular complexity index is 1110. The predicted molar refractivity (Wildman–Crippen MR) is 165 cm³/mol. The van der Waals surface area contributed by atoms with Gasteiger partial charge in [0.15, 0.2) is 5.78 Å². The van der Waals surface area contributed by atoms with Gasteiger partial charge >= 0.3 is 5.97 Å².